The zero-order valence-electron chi connectivity index (χ0n) is 22.3. The predicted octanol–water partition coefficient (Wildman–Crippen LogP) is 8.95. The minimum Gasteiger partial charge on any atom is -0.361 e. The van der Waals surface area contributed by atoms with Gasteiger partial charge in [0.05, 0.1) is 6.10 Å². The maximum Gasteiger partial charge on any atom is 0.108 e. The van der Waals surface area contributed by atoms with Crippen molar-refractivity contribution in [2.45, 2.75) is 135 Å². The van der Waals surface area contributed by atoms with Crippen molar-refractivity contribution in [3.8, 4) is 0 Å². The van der Waals surface area contributed by atoms with Crippen LogP contribution in [0.1, 0.15) is 119 Å². The molecule has 0 aromatic carbocycles. The topological polar surface area (TPSA) is 9.23 Å². The second-order valence-electron chi connectivity index (χ2n) is 14.3. The summed E-state index contributed by atoms with van der Waals surface area (Å²) in [7, 11) is 0. The van der Waals surface area contributed by atoms with Gasteiger partial charge in [0.1, 0.15) is 4.93 Å². The van der Waals surface area contributed by atoms with Crippen LogP contribution in [0.5, 0.6) is 0 Å². The van der Waals surface area contributed by atoms with Crippen LogP contribution in [-0.4, -0.2) is 16.3 Å². The van der Waals surface area contributed by atoms with Gasteiger partial charge in [-0.05, 0) is 117 Å². The first kappa shape index (κ1) is 24.0. The predicted molar refractivity (Wildman–Crippen MR) is 139 cm³/mol. The number of hydrogen-bond donors (Lipinski definition) is 0. The van der Waals surface area contributed by atoms with Crippen LogP contribution in [0.4, 0.5) is 0 Å². The van der Waals surface area contributed by atoms with Crippen molar-refractivity contribution in [1.82, 2.24) is 0 Å². The largest absolute Gasteiger partial charge is 0.361 e. The molecule has 184 valence electrons. The smallest absolute Gasteiger partial charge is 0.108 e. The lowest BCUT2D eigenvalue weighted by Crippen LogP contribution is -2.56. The van der Waals surface area contributed by atoms with E-state index in [0.29, 0.717) is 16.9 Å². The zero-order valence-corrected chi connectivity index (χ0v) is 23.1. The fourth-order valence-electron chi connectivity index (χ4n) is 10.3. The van der Waals surface area contributed by atoms with Crippen molar-refractivity contribution in [3.63, 3.8) is 0 Å². The molecule has 1 aliphatic heterocycles. The molecule has 1 saturated heterocycles. The highest BCUT2D eigenvalue weighted by Crippen LogP contribution is 2.69. The molecule has 4 saturated carbocycles. The molecule has 0 bridgehead atoms. The van der Waals surface area contributed by atoms with Crippen LogP contribution in [0.15, 0.2) is 0 Å². The lowest BCUT2D eigenvalue weighted by molar-refractivity contribution is -0.136. The standard InChI is InChI=1S/C30H52OS/c1-19(2)9-8-10-20(3)23-13-14-24-22-12-11-21-17-26-27(32-28(4,5)31-26)18-30(21,7)25(22)15-16-29(23,24)6/h19-27H,8-18H2,1-7H3/t20-,21-,22+,23-,24+,25+,26-,27-,29-,30+/m1/s1. The van der Waals surface area contributed by atoms with Crippen molar-refractivity contribution in [1.29, 1.82) is 0 Å². The van der Waals surface area contributed by atoms with Gasteiger partial charge in [-0.3, -0.25) is 0 Å². The van der Waals surface area contributed by atoms with Gasteiger partial charge in [0.25, 0.3) is 0 Å². The fourth-order valence-corrected chi connectivity index (χ4v) is 11.9. The normalized spacial score (nSPS) is 50.4. The third kappa shape index (κ3) is 3.94. The van der Waals surface area contributed by atoms with Gasteiger partial charge in [0, 0.05) is 5.25 Å². The fraction of sp³-hybridized carbons (Fsp3) is 1.00. The van der Waals surface area contributed by atoms with E-state index >= 15 is 0 Å². The molecule has 0 aromatic heterocycles. The van der Waals surface area contributed by atoms with Gasteiger partial charge in [-0.15, -0.1) is 11.8 Å². The highest BCUT2D eigenvalue weighted by molar-refractivity contribution is 8.01. The molecule has 0 amide bonds. The molecule has 32 heavy (non-hydrogen) atoms. The summed E-state index contributed by atoms with van der Waals surface area (Å²) in [6, 6.07) is 0. The first-order valence-electron chi connectivity index (χ1n) is 14.4. The van der Waals surface area contributed by atoms with Crippen molar-refractivity contribution in [3.05, 3.63) is 0 Å². The first-order chi connectivity index (χ1) is 15.0. The number of rotatable bonds is 5. The maximum absolute atomic E-state index is 6.52. The zero-order chi connectivity index (χ0) is 22.9. The van der Waals surface area contributed by atoms with E-state index < -0.39 is 0 Å². The van der Waals surface area contributed by atoms with Crippen LogP contribution in [0.25, 0.3) is 0 Å². The molecular weight excluding hydrogens is 408 g/mol. The molecule has 5 aliphatic rings. The first-order valence-corrected chi connectivity index (χ1v) is 15.3. The molecule has 0 spiro atoms. The molecule has 1 heterocycles. The van der Waals surface area contributed by atoms with Crippen molar-refractivity contribution < 1.29 is 4.74 Å². The van der Waals surface area contributed by atoms with Gasteiger partial charge in [-0.2, -0.15) is 0 Å². The summed E-state index contributed by atoms with van der Waals surface area (Å²) >= 11 is 2.16. The van der Waals surface area contributed by atoms with Gasteiger partial charge < -0.3 is 4.74 Å². The van der Waals surface area contributed by atoms with Crippen molar-refractivity contribution in [2.24, 2.45) is 52.3 Å². The minimum absolute atomic E-state index is 0.0358. The molecule has 0 unspecified atom stereocenters. The molecule has 0 aromatic rings. The number of thioether (sulfide) groups is 1. The van der Waals surface area contributed by atoms with E-state index in [4.69, 9.17) is 4.74 Å². The van der Waals surface area contributed by atoms with E-state index in [-0.39, 0.29) is 4.93 Å². The minimum atomic E-state index is 0.0358. The molecule has 4 aliphatic carbocycles. The van der Waals surface area contributed by atoms with Crippen LogP contribution in [0.3, 0.4) is 0 Å². The van der Waals surface area contributed by atoms with Crippen LogP contribution < -0.4 is 0 Å². The third-order valence-electron chi connectivity index (χ3n) is 11.7. The molecule has 0 radical (unpaired) electrons. The Bertz CT molecular complexity index is 686. The van der Waals surface area contributed by atoms with E-state index in [1.165, 1.54) is 70.6 Å². The average molecular weight is 461 g/mol. The SMILES string of the molecule is CC(C)CCC[C@@H](C)[C@H]1CC[C@H]2[C@@H]3CC[C@@H]4C[C@H]5OC(C)(C)S[C@@H]5C[C@]4(C)[C@H]3CC[C@]12C. The lowest BCUT2D eigenvalue weighted by Gasteiger charge is -2.61. The number of ether oxygens (including phenoxy) is 1. The van der Waals surface area contributed by atoms with Gasteiger partial charge in [0.2, 0.25) is 0 Å². The Balaban J connectivity index is 1.30. The summed E-state index contributed by atoms with van der Waals surface area (Å²) in [6.45, 7) is 17.5. The second kappa shape index (κ2) is 8.46. The molecule has 5 rings (SSSR count). The van der Waals surface area contributed by atoms with Crippen molar-refractivity contribution >= 4 is 11.8 Å². The van der Waals surface area contributed by atoms with E-state index in [0.717, 1.165) is 46.7 Å². The third-order valence-corrected chi connectivity index (χ3v) is 13.1. The molecule has 10 atom stereocenters. The van der Waals surface area contributed by atoms with Gasteiger partial charge >= 0.3 is 0 Å². The number of fused-ring (bicyclic) bond motifs is 6. The molecule has 5 fully saturated rings. The summed E-state index contributed by atoms with van der Waals surface area (Å²) in [6.07, 6.45) is 16.7. The monoisotopic (exact) mass is 460 g/mol. The molecular formula is C30H52OS. The summed E-state index contributed by atoms with van der Waals surface area (Å²) in [5.41, 5.74) is 1.20. The Morgan fingerprint density at radius 1 is 0.875 bits per heavy atom. The Morgan fingerprint density at radius 3 is 2.38 bits per heavy atom. The van der Waals surface area contributed by atoms with Gasteiger partial charge in [-0.1, -0.05) is 53.9 Å². The van der Waals surface area contributed by atoms with Crippen LogP contribution in [-0.2, 0) is 4.74 Å². The van der Waals surface area contributed by atoms with Gasteiger partial charge in [-0.25, -0.2) is 0 Å². The average Bonchev–Trinajstić information content (AvgIpc) is 3.19. The van der Waals surface area contributed by atoms with Crippen molar-refractivity contribution in [2.75, 3.05) is 0 Å². The Morgan fingerprint density at radius 2 is 1.62 bits per heavy atom. The van der Waals surface area contributed by atoms with Crippen LogP contribution >= 0.6 is 11.8 Å². The van der Waals surface area contributed by atoms with Crippen LogP contribution in [0, 0.1) is 52.3 Å². The summed E-state index contributed by atoms with van der Waals surface area (Å²) in [5, 5.41) is 0.746. The quantitative estimate of drug-likeness (QED) is 0.405. The summed E-state index contributed by atoms with van der Waals surface area (Å²) < 4.78 is 6.52. The molecule has 1 nitrogen and oxygen atoms in total. The Hall–Kier alpha value is 0.310. The highest BCUT2D eigenvalue weighted by atomic mass is 32.2. The van der Waals surface area contributed by atoms with E-state index in [9.17, 15) is 0 Å². The van der Waals surface area contributed by atoms with E-state index in [1.54, 1.807) is 0 Å². The summed E-state index contributed by atoms with van der Waals surface area (Å²) in [5.74, 6) is 6.71. The molecule has 2 heteroatoms. The maximum atomic E-state index is 6.52. The van der Waals surface area contributed by atoms with Crippen LogP contribution in [0.2, 0.25) is 0 Å². The van der Waals surface area contributed by atoms with E-state index in [1.807, 2.05) is 0 Å². The lowest BCUT2D eigenvalue weighted by atomic mass is 9.44. The molecule has 0 N–H and O–H groups in total. The van der Waals surface area contributed by atoms with E-state index in [2.05, 4.69) is 60.2 Å². The Kier molecular flexibility index (Phi) is 6.35. The number of hydrogen-bond acceptors (Lipinski definition) is 2. The summed E-state index contributed by atoms with van der Waals surface area (Å²) in [4.78, 5) is 0.0358. The Labute approximate surface area is 204 Å². The second-order valence-corrected chi connectivity index (χ2v) is 16.2. The van der Waals surface area contributed by atoms with Gasteiger partial charge in [0.15, 0.2) is 0 Å². The highest BCUT2D eigenvalue weighted by Gasteiger charge is 2.62.